The van der Waals surface area contributed by atoms with Gasteiger partial charge < -0.3 is 9.73 Å². The lowest BCUT2D eigenvalue weighted by atomic mass is 9.85. The van der Waals surface area contributed by atoms with Crippen LogP contribution < -0.4 is 5.32 Å². The summed E-state index contributed by atoms with van der Waals surface area (Å²) >= 11 is 0. The van der Waals surface area contributed by atoms with E-state index in [9.17, 15) is 10.1 Å². The zero-order valence-electron chi connectivity index (χ0n) is 12.0. The summed E-state index contributed by atoms with van der Waals surface area (Å²) in [7, 11) is 0. The molecule has 6 nitrogen and oxygen atoms in total. The summed E-state index contributed by atoms with van der Waals surface area (Å²) in [4.78, 5) is 14.7. The van der Waals surface area contributed by atoms with E-state index in [0.717, 1.165) is 0 Å². The molecular weight excluding hydrogens is 270 g/mol. The van der Waals surface area contributed by atoms with E-state index in [-0.39, 0.29) is 5.69 Å². The van der Waals surface area contributed by atoms with Crippen molar-refractivity contribution in [2.24, 2.45) is 5.92 Å². The summed E-state index contributed by atoms with van der Waals surface area (Å²) in [6, 6.07) is 5.22. The molecule has 2 aromatic rings. The fourth-order valence-corrected chi connectivity index (χ4v) is 3.04. The molecule has 3 rings (SSSR count). The molecule has 0 radical (unpaired) electrons. The molecule has 1 atom stereocenters. The van der Waals surface area contributed by atoms with Crippen molar-refractivity contribution in [1.29, 1.82) is 0 Å². The van der Waals surface area contributed by atoms with E-state index >= 15 is 0 Å². The quantitative estimate of drug-likeness (QED) is 0.676. The SMILES string of the molecule is CC(Nc1nc2ccc([N+](=O)[O-])cc2o1)C1CCCCC1. The van der Waals surface area contributed by atoms with Crippen LogP contribution in [0.25, 0.3) is 11.1 Å². The molecule has 0 spiro atoms. The molecular formula is C15H19N3O3. The van der Waals surface area contributed by atoms with E-state index in [1.165, 1.54) is 44.2 Å². The summed E-state index contributed by atoms with van der Waals surface area (Å²) in [5, 5.41) is 14.1. The summed E-state index contributed by atoms with van der Waals surface area (Å²) in [6.07, 6.45) is 6.38. The van der Waals surface area contributed by atoms with Gasteiger partial charge in [0.2, 0.25) is 0 Å². The van der Waals surface area contributed by atoms with Gasteiger partial charge in [-0.05, 0) is 31.7 Å². The monoisotopic (exact) mass is 289 g/mol. The van der Waals surface area contributed by atoms with E-state index in [2.05, 4.69) is 17.2 Å². The second kappa shape index (κ2) is 5.71. The van der Waals surface area contributed by atoms with Crippen LogP contribution in [0.5, 0.6) is 0 Å². The Labute approximate surface area is 122 Å². The van der Waals surface area contributed by atoms with Crippen LogP contribution in [-0.4, -0.2) is 15.9 Å². The number of fused-ring (bicyclic) bond motifs is 1. The van der Waals surface area contributed by atoms with Crippen LogP contribution in [0.4, 0.5) is 11.7 Å². The normalized spacial score (nSPS) is 17.8. The third kappa shape index (κ3) is 2.99. The molecule has 1 aromatic carbocycles. The van der Waals surface area contributed by atoms with Crippen LogP contribution in [0, 0.1) is 16.0 Å². The van der Waals surface area contributed by atoms with Crippen LogP contribution in [0.1, 0.15) is 39.0 Å². The number of anilines is 1. The van der Waals surface area contributed by atoms with Gasteiger partial charge in [-0.2, -0.15) is 4.98 Å². The Kier molecular flexibility index (Phi) is 3.77. The molecule has 1 aliphatic carbocycles. The lowest BCUT2D eigenvalue weighted by Gasteiger charge is -2.27. The highest BCUT2D eigenvalue weighted by Gasteiger charge is 2.21. The first-order chi connectivity index (χ1) is 10.1. The number of hydrogen-bond acceptors (Lipinski definition) is 5. The molecule has 0 bridgehead atoms. The second-order valence-electron chi connectivity index (χ2n) is 5.76. The van der Waals surface area contributed by atoms with Crippen molar-refractivity contribution >= 4 is 22.8 Å². The second-order valence-corrected chi connectivity index (χ2v) is 5.76. The Morgan fingerprint density at radius 2 is 2.14 bits per heavy atom. The fraction of sp³-hybridized carbons (Fsp3) is 0.533. The standard InChI is InChI=1S/C15H19N3O3/c1-10(11-5-3-2-4-6-11)16-15-17-13-8-7-12(18(19)20)9-14(13)21-15/h7-11H,2-6H2,1H3,(H,16,17). The number of oxazole rings is 1. The summed E-state index contributed by atoms with van der Waals surface area (Å²) in [5.74, 6) is 0.642. The Hall–Kier alpha value is -2.11. The summed E-state index contributed by atoms with van der Waals surface area (Å²) < 4.78 is 5.59. The lowest BCUT2D eigenvalue weighted by Crippen LogP contribution is -2.27. The number of nitrogens with zero attached hydrogens (tertiary/aromatic N) is 2. The molecule has 0 saturated heterocycles. The van der Waals surface area contributed by atoms with Gasteiger partial charge in [0, 0.05) is 12.1 Å². The maximum atomic E-state index is 10.8. The third-order valence-electron chi connectivity index (χ3n) is 4.29. The Morgan fingerprint density at radius 1 is 1.38 bits per heavy atom. The van der Waals surface area contributed by atoms with Crippen LogP contribution in [0.15, 0.2) is 22.6 Å². The molecule has 1 unspecified atom stereocenters. The average molecular weight is 289 g/mol. The van der Waals surface area contributed by atoms with Gasteiger partial charge in [0.1, 0.15) is 5.52 Å². The third-order valence-corrected chi connectivity index (χ3v) is 4.29. The minimum absolute atomic E-state index is 0.0190. The van der Waals surface area contributed by atoms with Crippen molar-refractivity contribution in [3.05, 3.63) is 28.3 Å². The number of benzene rings is 1. The largest absolute Gasteiger partial charge is 0.423 e. The van der Waals surface area contributed by atoms with Gasteiger partial charge in [0.05, 0.1) is 11.0 Å². The van der Waals surface area contributed by atoms with Gasteiger partial charge in [0.25, 0.3) is 11.7 Å². The first-order valence-electron chi connectivity index (χ1n) is 7.45. The summed E-state index contributed by atoms with van der Waals surface area (Å²) in [5.41, 5.74) is 1.10. The number of non-ortho nitro benzene ring substituents is 1. The van der Waals surface area contributed by atoms with Gasteiger partial charge in [-0.15, -0.1) is 0 Å². The zero-order valence-corrected chi connectivity index (χ0v) is 12.0. The van der Waals surface area contributed by atoms with E-state index < -0.39 is 4.92 Å². The van der Waals surface area contributed by atoms with Gasteiger partial charge in [-0.3, -0.25) is 10.1 Å². The Bertz CT molecular complexity index is 647. The Morgan fingerprint density at radius 3 is 2.86 bits per heavy atom. The number of hydrogen-bond donors (Lipinski definition) is 1. The van der Waals surface area contributed by atoms with E-state index in [1.54, 1.807) is 6.07 Å². The van der Waals surface area contributed by atoms with Crippen molar-refractivity contribution in [2.75, 3.05) is 5.32 Å². The molecule has 112 valence electrons. The van der Waals surface area contributed by atoms with Crippen molar-refractivity contribution in [1.82, 2.24) is 4.98 Å². The fourth-order valence-electron chi connectivity index (χ4n) is 3.04. The van der Waals surface area contributed by atoms with E-state index in [0.29, 0.717) is 29.1 Å². The van der Waals surface area contributed by atoms with Crippen molar-refractivity contribution in [2.45, 2.75) is 45.1 Å². The van der Waals surface area contributed by atoms with Gasteiger partial charge in [-0.1, -0.05) is 19.3 Å². The van der Waals surface area contributed by atoms with Crippen LogP contribution in [-0.2, 0) is 0 Å². The number of nitrogens with one attached hydrogen (secondary N) is 1. The van der Waals surface area contributed by atoms with Crippen LogP contribution in [0.2, 0.25) is 0 Å². The molecule has 6 heteroatoms. The van der Waals surface area contributed by atoms with Gasteiger partial charge in [0.15, 0.2) is 5.58 Å². The first-order valence-corrected chi connectivity index (χ1v) is 7.45. The van der Waals surface area contributed by atoms with Crippen molar-refractivity contribution < 1.29 is 9.34 Å². The number of nitro benzene ring substituents is 1. The number of nitro groups is 1. The Balaban J connectivity index is 1.76. The van der Waals surface area contributed by atoms with Crippen molar-refractivity contribution in [3.8, 4) is 0 Å². The molecule has 1 aromatic heterocycles. The highest BCUT2D eigenvalue weighted by Crippen LogP contribution is 2.29. The number of aromatic nitrogens is 1. The highest BCUT2D eigenvalue weighted by molar-refractivity contribution is 5.77. The molecule has 0 amide bonds. The predicted molar refractivity (Wildman–Crippen MR) is 80.3 cm³/mol. The molecule has 1 aliphatic rings. The van der Waals surface area contributed by atoms with Gasteiger partial charge in [-0.25, -0.2) is 0 Å². The lowest BCUT2D eigenvalue weighted by molar-refractivity contribution is -0.384. The van der Waals surface area contributed by atoms with Crippen molar-refractivity contribution in [3.63, 3.8) is 0 Å². The first kappa shape index (κ1) is 13.9. The molecule has 1 fully saturated rings. The predicted octanol–water partition coefficient (Wildman–Crippen LogP) is 4.12. The van der Waals surface area contributed by atoms with Crippen LogP contribution in [0.3, 0.4) is 0 Å². The topological polar surface area (TPSA) is 81.2 Å². The van der Waals surface area contributed by atoms with E-state index in [4.69, 9.17) is 4.42 Å². The zero-order chi connectivity index (χ0) is 14.8. The van der Waals surface area contributed by atoms with Gasteiger partial charge >= 0.3 is 0 Å². The smallest absolute Gasteiger partial charge is 0.295 e. The van der Waals surface area contributed by atoms with E-state index in [1.807, 2.05) is 0 Å². The molecule has 1 heterocycles. The summed E-state index contributed by atoms with van der Waals surface area (Å²) in [6.45, 7) is 2.15. The van der Waals surface area contributed by atoms with Crippen LogP contribution >= 0.6 is 0 Å². The number of rotatable bonds is 4. The molecule has 21 heavy (non-hydrogen) atoms. The maximum Gasteiger partial charge on any atom is 0.295 e. The molecule has 1 saturated carbocycles. The highest BCUT2D eigenvalue weighted by atomic mass is 16.6. The maximum absolute atomic E-state index is 10.8. The minimum atomic E-state index is -0.431. The molecule has 1 N–H and O–H groups in total. The average Bonchev–Trinajstić information content (AvgIpc) is 2.89. The molecule has 0 aliphatic heterocycles. The minimum Gasteiger partial charge on any atom is -0.423 e.